The Bertz CT molecular complexity index is 1090. The van der Waals surface area contributed by atoms with Gasteiger partial charge < -0.3 is 15.2 Å². The summed E-state index contributed by atoms with van der Waals surface area (Å²) in [6.07, 6.45) is -3.28. The Labute approximate surface area is 183 Å². The number of carboxylic acid groups (broad SMARTS) is 1. The summed E-state index contributed by atoms with van der Waals surface area (Å²) in [6.45, 7) is -0.0420. The maximum Gasteiger partial charge on any atom is 0.417 e. The third-order valence-corrected chi connectivity index (χ3v) is 5.16. The van der Waals surface area contributed by atoms with Gasteiger partial charge in [0.1, 0.15) is 5.75 Å². The largest absolute Gasteiger partial charge is 0.492 e. The number of hydrogen-bond donors (Lipinski definition) is 2. The summed E-state index contributed by atoms with van der Waals surface area (Å²) in [7, 11) is 0. The number of amides is 1. The lowest BCUT2D eigenvalue weighted by Crippen LogP contribution is -2.19. The van der Waals surface area contributed by atoms with Crippen LogP contribution in [0.2, 0.25) is 5.02 Å². The lowest BCUT2D eigenvalue weighted by atomic mass is 10.2. The Morgan fingerprint density at radius 2 is 2.00 bits per heavy atom. The third-order valence-electron chi connectivity index (χ3n) is 3.92. The van der Waals surface area contributed by atoms with Gasteiger partial charge in [0.25, 0.3) is 5.91 Å². The second-order valence-corrected chi connectivity index (χ2v) is 7.61. The molecule has 0 atom stereocenters. The number of nitrogens with zero attached hydrogens (tertiary/aromatic N) is 1. The maximum atomic E-state index is 13.0. The molecule has 1 aliphatic rings. The number of alkyl halides is 3. The molecule has 0 aromatic heterocycles. The lowest BCUT2D eigenvalue weighted by molar-refractivity contribution is -0.138. The number of ether oxygens (including phenoxy) is 1. The molecule has 2 aromatic carbocycles. The van der Waals surface area contributed by atoms with E-state index >= 15 is 0 Å². The van der Waals surface area contributed by atoms with E-state index in [0.29, 0.717) is 11.3 Å². The Hall–Kier alpha value is -2.98. The van der Waals surface area contributed by atoms with E-state index < -0.39 is 28.6 Å². The van der Waals surface area contributed by atoms with Crippen molar-refractivity contribution in [1.82, 2.24) is 5.32 Å². The van der Waals surface area contributed by atoms with Gasteiger partial charge in [-0.05, 0) is 42.1 Å². The zero-order chi connectivity index (χ0) is 22.6. The lowest BCUT2D eigenvalue weighted by Gasteiger charge is -2.09. The minimum Gasteiger partial charge on any atom is -0.492 e. The first kappa shape index (κ1) is 22.7. The van der Waals surface area contributed by atoms with Gasteiger partial charge in [-0.1, -0.05) is 29.8 Å². The molecular formula is C20H14ClF3N2O4S. The Morgan fingerprint density at radius 3 is 2.71 bits per heavy atom. The summed E-state index contributed by atoms with van der Waals surface area (Å²) in [5.74, 6) is -1.09. The first-order valence-corrected chi connectivity index (χ1v) is 9.93. The SMILES string of the molecule is O=C(O)CCOc1ccccc1/C=C1/SC(=Nc2ccc(Cl)c(C(F)(F)F)c2)NC1=O. The third kappa shape index (κ3) is 6.02. The van der Waals surface area contributed by atoms with Crippen LogP contribution in [0.1, 0.15) is 17.5 Å². The summed E-state index contributed by atoms with van der Waals surface area (Å²) < 4.78 is 44.5. The molecule has 31 heavy (non-hydrogen) atoms. The van der Waals surface area contributed by atoms with E-state index in [9.17, 15) is 22.8 Å². The number of amidine groups is 1. The number of halogens is 4. The monoisotopic (exact) mass is 470 g/mol. The molecular weight excluding hydrogens is 457 g/mol. The summed E-state index contributed by atoms with van der Waals surface area (Å²) in [4.78, 5) is 27.2. The maximum absolute atomic E-state index is 13.0. The van der Waals surface area contributed by atoms with Crippen LogP contribution >= 0.6 is 23.4 Å². The van der Waals surface area contributed by atoms with Crippen LogP contribution in [-0.2, 0) is 15.8 Å². The molecule has 162 valence electrons. The highest BCUT2D eigenvalue weighted by Crippen LogP contribution is 2.37. The Balaban J connectivity index is 1.81. The van der Waals surface area contributed by atoms with Gasteiger partial charge in [0.15, 0.2) is 5.17 Å². The normalized spacial score (nSPS) is 16.6. The van der Waals surface area contributed by atoms with Gasteiger partial charge in [0, 0.05) is 5.56 Å². The second-order valence-electron chi connectivity index (χ2n) is 6.17. The molecule has 0 radical (unpaired) electrons. The Morgan fingerprint density at radius 1 is 1.26 bits per heavy atom. The van der Waals surface area contributed by atoms with Gasteiger partial charge >= 0.3 is 12.1 Å². The number of carboxylic acids is 1. The van der Waals surface area contributed by atoms with Gasteiger partial charge in [0.05, 0.1) is 34.2 Å². The number of thioether (sulfide) groups is 1. The van der Waals surface area contributed by atoms with E-state index in [0.717, 1.165) is 23.9 Å². The van der Waals surface area contributed by atoms with Crippen molar-refractivity contribution in [2.24, 2.45) is 4.99 Å². The topological polar surface area (TPSA) is 88.0 Å². The number of benzene rings is 2. The first-order chi connectivity index (χ1) is 14.6. The zero-order valence-corrected chi connectivity index (χ0v) is 17.1. The molecule has 2 N–H and O–H groups in total. The van der Waals surface area contributed by atoms with E-state index in [4.69, 9.17) is 21.4 Å². The summed E-state index contributed by atoms with van der Waals surface area (Å²) >= 11 is 6.56. The van der Waals surface area contributed by atoms with E-state index in [1.54, 1.807) is 24.3 Å². The van der Waals surface area contributed by atoms with Gasteiger partial charge in [-0.25, -0.2) is 4.99 Å². The molecule has 0 unspecified atom stereocenters. The quantitative estimate of drug-likeness (QED) is 0.573. The highest BCUT2D eigenvalue weighted by molar-refractivity contribution is 8.18. The smallest absolute Gasteiger partial charge is 0.417 e. The fourth-order valence-corrected chi connectivity index (χ4v) is 3.58. The number of rotatable bonds is 6. The molecule has 0 aliphatic carbocycles. The minimum absolute atomic E-state index is 0.0156. The number of hydrogen-bond acceptors (Lipinski definition) is 5. The predicted molar refractivity (Wildman–Crippen MR) is 111 cm³/mol. The average molecular weight is 471 g/mol. The van der Waals surface area contributed by atoms with Crippen molar-refractivity contribution in [1.29, 1.82) is 0 Å². The van der Waals surface area contributed by atoms with Gasteiger partial charge in [0.2, 0.25) is 0 Å². The highest BCUT2D eigenvalue weighted by atomic mass is 35.5. The molecule has 0 spiro atoms. The molecule has 1 saturated heterocycles. The van der Waals surface area contributed by atoms with Gasteiger partial charge in [-0.3, -0.25) is 9.59 Å². The molecule has 1 amide bonds. The van der Waals surface area contributed by atoms with Crippen LogP contribution in [0.25, 0.3) is 6.08 Å². The highest BCUT2D eigenvalue weighted by Gasteiger charge is 2.33. The Kier molecular flexibility index (Phi) is 6.91. The molecule has 1 heterocycles. The van der Waals surface area contributed by atoms with Crippen LogP contribution in [0.15, 0.2) is 52.4 Å². The zero-order valence-electron chi connectivity index (χ0n) is 15.6. The van der Waals surface area contributed by atoms with Crippen molar-refractivity contribution in [3.05, 3.63) is 63.5 Å². The number of nitrogens with one attached hydrogen (secondary N) is 1. The summed E-state index contributed by atoms with van der Waals surface area (Å²) in [5, 5.41) is 10.9. The van der Waals surface area contributed by atoms with E-state index in [1.807, 2.05) is 0 Å². The van der Waals surface area contributed by atoms with Crippen molar-refractivity contribution in [2.45, 2.75) is 12.6 Å². The van der Waals surface area contributed by atoms with Crippen molar-refractivity contribution in [3.8, 4) is 5.75 Å². The van der Waals surface area contributed by atoms with Crippen LogP contribution in [0.3, 0.4) is 0 Å². The molecule has 1 fully saturated rings. The van der Waals surface area contributed by atoms with Crippen molar-refractivity contribution < 1.29 is 32.6 Å². The molecule has 6 nitrogen and oxygen atoms in total. The van der Waals surface area contributed by atoms with Crippen LogP contribution in [0.5, 0.6) is 5.75 Å². The molecule has 0 bridgehead atoms. The van der Waals surface area contributed by atoms with Crippen molar-refractivity contribution in [2.75, 3.05) is 6.61 Å². The van der Waals surface area contributed by atoms with E-state index in [2.05, 4.69) is 10.3 Å². The molecule has 11 heteroatoms. The predicted octanol–water partition coefficient (Wildman–Crippen LogP) is 5.10. The van der Waals surface area contributed by atoms with Gasteiger partial charge in [-0.2, -0.15) is 13.2 Å². The molecule has 1 aliphatic heterocycles. The van der Waals surface area contributed by atoms with E-state index in [1.165, 1.54) is 12.1 Å². The van der Waals surface area contributed by atoms with Crippen LogP contribution in [0, 0.1) is 0 Å². The molecule has 2 aromatic rings. The number of para-hydroxylation sites is 1. The van der Waals surface area contributed by atoms with Crippen LogP contribution in [0.4, 0.5) is 18.9 Å². The van der Waals surface area contributed by atoms with Crippen molar-refractivity contribution in [3.63, 3.8) is 0 Å². The average Bonchev–Trinajstić information content (AvgIpc) is 3.02. The van der Waals surface area contributed by atoms with E-state index in [-0.39, 0.29) is 28.8 Å². The van der Waals surface area contributed by atoms with Gasteiger partial charge in [-0.15, -0.1) is 0 Å². The molecule has 3 rings (SSSR count). The minimum atomic E-state index is -4.63. The number of carbonyl (C=O) groups excluding carboxylic acids is 1. The number of carbonyl (C=O) groups is 2. The number of aliphatic carboxylic acids is 1. The molecule has 0 saturated carbocycles. The number of aliphatic imine (C=N–C) groups is 1. The second kappa shape index (κ2) is 9.44. The summed E-state index contributed by atoms with van der Waals surface area (Å²) in [5.41, 5.74) is -0.496. The first-order valence-electron chi connectivity index (χ1n) is 8.73. The fraction of sp³-hybridized carbons (Fsp3) is 0.150. The van der Waals surface area contributed by atoms with Crippen LogP contribution in [-0.4, -0.2) is 28.8 Å². The van der Waals surface area contributed by atoms with Crippen LogP contribution < -0.4 is 10.1 Å². The standard InChI is InChI=1S/C20H14ClF3N2O4S/c21-14-6-5-12(10-13(14)20(22,23)24)25-19-26-18(29)16(31-19)9-11-3-1-2-4-15(11)30-8-7-17(27)28/h1-6,9-10H,7-8H2,(H,27,28)(H,25,26,29)/b16-9+. The fourth-order valence-electron chi connectivity index (χ4n) is 2.52. The van der Waals surface area contributed by atoms with Crippen molar-refractivity contribution >= 4 is 52.2 Å². The summed E-state index contributed by atoms with van der Waals surface area (Å²) in [6, 6.07) is 9.93.